The number of hydrogen-bond donors (Lipinski definition) is 2. The number of aliphatic imine (C=N–C) groups is 1. The monoisotopic (exact) mass is 576 g/mol. The number of rotatable bonds is 9. The number of carbonyl (C=O) groups excluding carboxylic acids is 1. The lowest BCUT2D eigenvalue weighted by atomic mass is 10.1. The van der Waals surface area contributed by atoms with Crippen LogP contribution in [0.25, 0.3) is 0 Å². The fraction of sp³-hybridized carbons (Fsp3) is 0.667. The lowest BCUT2D eigenvalue weighted by Gasteiger charge is -2.26. The molecule has 0 saturated carbocycles. The highest BCUT2D eigenvalue weighted by Crippen LogP contribution is 2.22. The number of carbonyl (C=O) groups is 1. The van der Waals surface area contributed by atoms with Crippen LogP contribution in [0.1, 0.15) is 45.2 Å². The number of guanidine groups is 1. The number of benzene rings is 1. The van der Waals surface area contributed by atoms with Crippen molar-refractivity contribution in [3.05, 3.63) is 29.3 Å². The summed E-state index contributed by atoms with van der Waals surface area (Å²) in [6, 6.07) is 6.24. The minimum atomic E-state index is -0.506. The first-order valence-electron chi connectivity index (χ1n) is 11.4. The zero-order chi connectivity index (χ0) is 23.6. The molecule has 33 heavy (non-hydrogen) atoms. The predicted molar refractivity (Wildman–Crippen MR) is 143 cm³/mol. The number of likely N-dealkylation sites (N-methyl/N-ethyl adjacent to an activating group) is 1. The Morgan fingerprint density at radius 1 is 1.30 bits per heavy atom. The number of ether oxygens (including phenoxy) is 3. The van der Waals surface area contributed by atoms with E-state index in [9.17, 15) is 4.79 Å². The van der Waals surface area contributed by atoms with E-state index in [1.807, 2.05) is 27.7 Å². The average molecular weight is 577 g/mol. The van der Waals surface area contributed by atoms with Gasteiger partial charge in [0.2, 0.25) is 0 Å². The van der Waals surface area contributed by atoms with Crippen LogP contribution in [-0.4, -0.2) is 69.1 Å². The van der Waals surface area contributed by atoms with E-state index in [0.717, 1.165) is 36.5 Å². The predicted octanol–water partition coefficient (Wildman–Crippen LogP) is 3.95. The van der Waals surface area contributed by atoms with Crippen LogP contribution in [0.3, 0.4) is 0 Å². The van der Waals surface area contributed by atoms with Gasteiger partial charge in [0.25, 0.3) is 0 Å². The van der Waals surface area contributed by atoms with Crippen LogP contribution < -0.4 is 15.4 Å². The Hall–Kier alpha value is -1.75. The van der Waals surface area contributed by atoms with Crippen LogP contribution in [-0.2, 0) is 16.0 Å². The fourth-order valence-corrected chi connectivity index (χ4v) is 3.28. The summed E-state index contributed by atoms with van der Waals surface area (Å²) in [7, 11) is 1.73. The van der Waals surface area contributed by atoms with E-state index >= 15 is 0 Å². The summed E-state index contributed by atoms with van der Waals surface area (Å²) in [5.41, 5.74) is 1.73. The number of hydrogen-bond acceptors (Lipinski definition) is 5. The van der Waals surface area contributed by atoms with Crippen molar-refractivity contribution in [1.29, 1.82) is 0 Å². The molecule has 2 N–H and O–H groups in total. The van der Waals surface area contributed by atoms with Gasteiger partial charge in [-0.15, -0.1) is 24.0 Å². The first-order chi connectivity index (χ1) is 15.2. The summed E-state index contributed by atoms with van der Waals surface area (Å²) in [5.74, 6) is 2.01. The molecule has 188 valence electrons. The molecule has 1 aliphatic heterocycles. The van der Waals surface area contributed by atoms with Crippen molar-refractivity contribution < 1.29 is 19.0 Å². The van der Waals surface area contributed by atoms with Gasteiger partial charge in [-0.1, -0.05) is 12.1 Å². The van der Waals surface area contributed by atoms with Gasteiger partial charge < -0.3 is 29.7 Å². The maximum atomic E-state index is 12.3. The SMILES string of the molecule is CCN(CCNC(=NC)NCc1ccc(C)cc1OCC1CCOC1)C(=O)OC(C)(C)C.I. The standard InChI is InChI=1S/C24H40N4O4.HI/c1-7-28(23(29)32-24(3,4)5)12-11-26-22(25-6)27-15-20-9-8-18(2)14-21(20)31-17-19-10-13-30-16-19;/h8-9,14,19H,7,10-13,15-17H2,1-6H3,(H2,25,26,27);1H. The number of aryl methyl sites for hydroxylation is 1. The van der Waals surface area contributed by atoms with Crippen molar-refractivity contribution in [1.82, 2.24) is 15.5 Å². The molecule has 1 heterocycles. The average Bonchev–Trinajstić information content (AvgIpc) is 3.25. The normalized spacial score (nSPS) is 16.1. The van der Waals surface area contributed by atoms with E-state index < -0.39 is 5.60 Å². The fourth-order valence-electron chi connectivity index (χ4n) is 3.28. The molecule has 0 aromatic heterocycles. The van der Waals surface area contributed by atoms with Gasteiger partial charge in [0.1, 0.15) is 11.4 Å². The molecule has 1 aromatic rings. The van der Waals surface area contributed by atoms with E-state index in [2.05, 4.69) is 40.7 Å². The van der Waals surface area contributed by atoms with E-state index in [0.29, 0.717) is 44.7 Å². The van der Waals surface area contributed by atoms with E-state index in [4.69, 9.17) is 14.2 Å². The number of halogens is 1. The highest BCUT2D eigenvalue weighted by Gasteiger charge is 2.21. The summed E-state index contributed by atoms with van der Waals surface area (Å²) < 4.78 is 17.0. The summed E-state index contributed by atoms with van der Waals surface area (Å²) in [6.45, 7) is 14.1. The van der Waals surface area contributed by atoms with Gasteiger partial charge in [0, 0.05) is 51.3 Å². The van der Waals surface area contributed by atoms with Crippen molar-refractivity contribution >= 4 is 36.0 Å². The lowest BCUT2D eigenvalue weighted by Crippen LogP contribution is -2.44. The van der Waals surface area contributed by atoms with Crippen LogP contribution in [0.15, 0.2) is 23.2 Å². The molecule has 8 nitrogen and oxygen atoms in total. The minimum Gasteiger partial charge on any atom is -0.493 e. The van der Waals surface area contributed by atoms with Gasteiger partial charge in [0.15, 0.2) is 5.96 Å². The van der Waals surface area contributed by atoms with Crippen molar-refractivity contribution in [2.75, 3.05) is 46.5 Å². The largest absolute Gasteiger partial charge is 0.493 e. The molecule has 0 bridgehead atoms. The first-order valence-corrected chi connectivity index (χ1v) is 11.4. The Labute approximate surface area is 215 Å². The highest BCUT2D eigenvalue weighted by molar-refractivity contribution is 14.0. The van der Waals surface area contributed by atoms with Crippen LogP contribution in [0.4, 0.5) is 4.79 Å². The van der Waals surface area contributed by atoms with Crippen molar-refractivity contribution in [2.45, 2.75) is 53.2 Å². The topological polar surface area (TPSA) is 84.4 Å². The molecule has 1 atom stereocenters. The molecule has 0 aliphatic carbocycles. The van der Waals surface area contributed by atoms with Crippen molar-refractivity contribution in [2.24, 2.45) is 10.9 Å². The quantitative estimate of drug-likeness (QED) is 0.263. The van der Waals surface area contributed by atoms with Crippen LogP contribution in [0.5, 0.6) is 5.75 Å². The molecule has 1 aliphatic rings. The van der Waals surface area contributed by atoms with Gasteiger partial charge in [-0.25, -0.2) is 4.79 Å². The van der Waals surface area contributed by atoms with E-state index in [-0.39, 0.29) is 30.1 Å². The molecular weight excluding hydrogens is 535 g/mol. The smallest absolute Gasteiger partial charge is 0.410 e. The van der Waals surface area contributed by atoms with Gasteiger partial charge in [0.05, 0.1) is 13.2 Å². The van der Waals surface area contributed by atoms with Crippen LogP contribution in [0.2, 0.25) is 0 Å². The Bertz CT molecular complexity index is 761. The summed E-state index contributed by atoms with van der Waals surface area (Å²) in [5, 5.41) is 6.59. The summed E-state index contributed by atoms with van der Waals surface area (Å²) in [6.07, 6.45) is 0.743. The number of nitrogens with zero attached hydrogens (tertiary/aromatic N) is 2. The Kier molecular flexibility index (Phi) is 12.9. The van der Waals surface area contributed by atoms with E-state index in [1.165, 1.54) is 0 Å². The van der Waals surface area contributed by atoms with Crippen molar-refractivity contribution in [3.63, 3.8) is 0 Å². The van der Waals surface area contributed by atoms with Gasteiger partial charge in [-0.05, 0) is 52.7 Å². The first kappa shape index (κ1) is 29.3. The third-order valence-corrected chi connectivity index (χ3v) is 5.10. The number of nitrogens with one attached hydrogen (secondary N) is 2. The zero-order valence-corrected chi connectivity index (χ0v) is 23.2. The van der Waals surface area contributed by atoms with Crippen LogP contribution >= 0.6 is 24.0 Å². The Morgan fingerprint density at radius 2 is 2.06 bits per heavy atom. The highest BCUT2D eigenvalue weighted by atomic mass is 127. The molecule has 1 saturated heterocycles. The second-order valence-electron chi connectivity index (χ2n) is 9.06. The maximum Gasteiger partial charge on any atom is 0.410 e. The molecule has 9 heteroatoms. The molecule has 1 aromatic carbocycles. The molecule has 1 amide bonds. The molecular formula is C24H41IN4O4. The van der Waals surface area contributed by atoms with Crippen molar-refractivity contribution in [3.8, 4) is 5.75 Å². The van der Waals surface area contributed by atoms with Crippen LogP contribution in [0, 0.1) is 12.8 Å². The Balaban J connectivity index is 0.00000544. The summed E-state index contributed by atoms with van der Waals surface area (Å²) in [4.78, 5) is 18.2. The molecule has 2 rings (SSSR count). The Morgan fingerprint density at radius 3 is 2.67 bits per heavy atom. The van der Waals surface area contributed by atoms with Gasteiger partial charge in [-0.3, -0.25) is 4.99 Å². The third kappa shape index (κ3) is 10.8. The second kappa shape index (κ2) is 14.5. The minimum absolute atomic E-state index is 0. The number of amides is 1. The molecule has 1 unspecified atom stereocenters. The van der Waals surface area contributed by atoms with E-state index in [1.54, 1.807) is 11.9 Å². The summed E-state index contributed by atoms with van der Waals surface area (Å²) >= 11 is 0. The molecule has 0 spiro atoms. The maximum absolute atomic E-state index is 12.3. The molecule has 1 fully saturated rings. The van der Waals surface area contributed by atoms with Gasteiger partial charge in [-0.2, -0.15) is 0 Å². The zero-order valence-electron chi connectivity index (χ0n) is 20.9. The molecule has 0 radical (unpaired) electrons. The van der Waals surface area contributed by atoms with Gasteiger partial charge >= 0.3 is 6.09 Å². The third-order valence-electron chi connectivity index (χ3n) is 5.10. The lowest BCUT2D eigenvalue weighted by molar-refractivity contribution is 0.0264. The second-order valence-corrected chi connectivity index (χ2v) is 9.06.